The van der Waals surface area contributed by atoms with Crippen molar-refractivity contribution in [3.05, 3.63) is 12.2 Å². The van der Waals surface area contributed by atoms with Crippen LogP contribution in [0.2, 0.25) is 0 Å². The highest BCUT2D eigenvalue weighted by atomic mass is 16.5. The fraction of sp³-hybridized carbons (Fsp3) is 0.912. The fourth-order valence-electron chi connectivity index (χ4n) is 12.2. The number of hydrogen-bond acceptors (Lipinski definition) is 2. The zero-order chi connectivity index (χ0) is 26.3. The first kappa shape index (κ1) is 26.8. The average molecular weight is 497 g/mol. The van der Waals surface area contributed by atoms with E-state index in [1.165, 1.54) is 76.2 Å². The first-order valence-corrected chi connectivity index (χ1v) is 15.6. The van der Waals surface area contributed by atoms with Crippen molar-refractivity contribution in [2.45, 2.75) is 139 Å². The topological polar surface area (TPSA) is 26.3 Å². The number of carbonyl (C=O) groups excluding carboxylic acids is 1. The molecular weight excluding hydrogens is 440 g/mol. The Morgan fingerprint density at radius 1 is 0.889 bits per heavy atom. The molecule has 5 rings (SSSR count). The van der Waals surface area contributed by atoms with Crippen LogP contribution in [0.5, 0.6) is 0 Å². The maximum Gasteiger partial charge on any atom is 0.302 e. The second-order valence-electron chi connectivity index (χ2n) is 15.6. The summed E-state index contributed by atoms with van der Waals surface area (Å²) in [5, 5.41) is 0. The largest absolute Gasteiger partial charge is 0.462 e. The Labute approximate surface area is 222 Å². The molecule has 0 aliphatic heterocycles. The van der Waals surface area contributed by atoms with E-state index in [1.54, 1.807) is 6.92 Å². The zero-order valence-electron chi connectivity index (χ0n) is 25.0. The molecule has 0 aromatic rings. The maximum absolute atomic E-state index is 11.9. The Morgan fingerprint density at radius 2 is 1.56 bits per heavy atom. The van der Waals surface area contributed by atoms with Crippen molar-refractivity contribution in [1.29, 1.82) is 0 Å². The molecule has 204 valence electrons. The van der Waals surface area contributed by atoms with Gasteiger partial charge in [0.05, 0.1) is 0 Å². The molecule has 0 amide bonds. The van der Waals surface area contributed by atoms with Crippen LogP contribution in [0.1, 0.15) is 132 Å². The van der Waals surface area contributed by atoms with Crippen molar-refractivity contribution in [3.8, 4) is 0 Å². The molecule has 0 radical (unpaired) electrons. The van der Waals surface area contributed by atoms with E-state index < -0.39 is 0 Å². The van der Waals surface area contributed by atoms with Crippen molar-refractivity contribution < 1.29 is 9.53 Å². The van der Waals surface area contributed by atoms with Crippen LogP contribution in [0.25, 0.3) is 0 Å². The number of allylic oxidation sites excluding steroid dienone is 1. The number of rotatable bonds is 7. The Balaban J connectivity index is 1.36. The highest BCUT2D eigenvalue weighted by molar-refractivity contribution is 5.66. The van der Waals surface area contributed by atoms with Crippen molar-refractivity contribution in [1.82, 2.24) is 0 Å². The molecule has 0 aromatic heterocycles. The van der Waals surface area contributed by atoms with Gasteiger partial charge < -0.3 is 4.74 Å². The minimum absolute atomic E-state index is 0.0937. The summed E-state index contributed by atoms with van der Waals surface area (Å²) >= 11 is 0. The fourth-order valence-corrected chi connectivity index (χ4v) is 12.2. The summed E-state index contributed by atoms with van der Waals surface area (Å²) in [6.07, 6.45) is 16.4. The number of carbonyl (C=O) groups is 1. The van der Waals surface area contributed by atoms with E-state index in [-0.39, 0.29) is 17.5 Å². The van der Waals surface area contributed by atoms with Gasteiger partial charge in [0, 0.05) is 12.3 Å². The lowest BCUT2D eigenvalue weighted by Gasteiger charge is -2.63. The second-order valence-corrected chi connectivity index (χ2v) is 15.6. The third kappa shape index (κ3) is 3.43. The number of hydrogen-bond donors (Lipinski definition) is 0. The maximum atomic E-state index is 11.9. The van der Waals surface area contributed by atoms with Crippen LogP contribution in [0.15, 0.2) is 12.2 Å². The van der Waals surface area contributed by atoms with Gasteiger partial charge in [-0.1, -0.05) is 53.7 Å². The minimum Gasteiger partial charge on any atom is -0.462 e. The van der Waals surface area contributed by atoms with Gasteiger partial charge in [-0.15, -0.1) is 0 Å². The smallest absolute Gasteiger partial charge is 0.302 e. The van der Waals surface area contributed by atoms with Crippen LogP contribution < -0.4 is 0 Å². The molecule has 36 heavy (non-hydrogen) atoms. The number of fused-ring (bicyclic) bond motifs is 2. The Morgan fingerprint density at radius 3 is 2.19 bits per heavy atom. The van der Waals surface area contributed by atoms with E-state index in [9.17, 15) is 4.79 Å². The molecule has 5 saturated carbocycles. The number of ether oxygens (including phenoxy) is 1. The van der Waals surface area contributed by atoms with E-state index in [4.69, 9.17) is 4.74 Å². The van der Waals surface area contributed by atoms with E-state index in [0.717, 1.165) is 30.1 Å². The molecule has 0 aromatic carbocycles. The van der Waals surface area contributed by atoms with E-state index in [1.807, 2.05) is 0 Å². The predicted molar refractivity (Wildman–Crippen MR) is 149 cm³/mol. The molecule has 5 aliphatic carbocycles. The van der Waals surface area contributed by atoms with Gasteiger partial charge in [0.25, 0.3) is 0 Å². The molecule has 0 saturated heterocycles. The van der Waals surface area contributed by atoms with Gasteiger partial charge in [-0.05, 0) is 135 Å². The summed E-state index contributed by atoms with van der Waals surface area (Å²) in [5.41, 5.74) is 3.58. The molecule has 0 heterocycles. The first-order chi connectivity index (χ1) is 16.8. The van der Waals surface area contributed by atoms with Gasteiger partial charge in [0.2, 0.25) is 0 Å². The molecule has 2 spiro atoms. The highest BCUT2D eigenvalue weighted by Crippen LogP contribution is 2.89. The first-order valence-electron chi connectivity index (χ1n) is 15.6. The molecule has 2 heteroatoms. The number of esters is 1. The van der Waals surface area contributed by atoms with Crippen LogP contribution in [0, 0.1) is 56.7 Å². The SMILES string of the molecule is C=C(C)C(CC)CCC(C)C1CCC2(C)C3CCC4C(C)(C)C(OC(C)=O)CCC45CC35CCC12C. The summed E-state index contributed by atoms with van der Waals surface area (Å²) in [6.45, 7) is 23.4. The van der Waals surface area contributed by atoms with Crippen molar-refractivity contribution >= 4 is 5.97 Å². The predicted octanol–water partition coefficient (Wildman–Crippen LogP) is 9.38. The van der Waals surface area contributed by atoms with Crippen LogP contribution in [-0.4, -0.2) is 12.1 Å². The monoisotopic (exact) mass is 496 g/mol. The lowest BCUT2D eigenvalue weighted by molar-refractivity contribution is -0.181. The van der Waals surface area contributed by atoms with Gasteiger partial charge in [-0.2, -0.15) is 0 Å². The van der Waals surface area contributed by atoms with Crippen LogP contribution in [0.4, 0.5) is 0 Å². The van der Waals surface area contributed by atoms with Gasteiger partial charge in [0.15, 0.2) is 0 Å². The molecule has 10 unspecified atom stereocenters. The minimum atomic E-state index is -0.0937. The van der Waals surface area contributed by atoms with E-state index in [2.05, 4.69) is 55.0 Å². The average Bonchev–Trinajstić information content (AvgIpc) is 3.38. The lowest BCUT2D eigenvalue weighted by atomic mass is 9.41. The summed E-state index contributed by atoms with van der Waals surface area (Å²) < 4.78 is 5.92. The quantitative estimate of drug-likeness (QED) is 0.259. The molecule has 10 atom stereocenters. The molecular formula is C34H56O2. The van der Waals surface area contributed by atoms with Gasteiger partial charge in [0.1, 0.15) is 6.10 Å². The third-order valence-corrected chi connectivity index (χ3v) is 14.3. The molecule has 2 nitrogen and oxygen atoms in total. The molecule has 0 bridgehead atoms. The van der Waals surface area contributed by atoms with Crippen LogP contribution in [0.3, 0.4) is 0 Å². The normalized spacial score (nSPS) is 48.0. The van der Waals surface area contributed by atoms with Crippen molar-refractivity contribution in [3.63, 3.8) is 0 Å². The van der Waals surface area contributed by atoms with E-state index >= 15 is 0 Å². The lowest BCUT2D eigenvalue weighted by Crippen LogP contribution is -2.58. The summed E-state index contributed by atoms with van der Waals surface area (Å²) in [6, 6.07) is 0. The third-order valence-electron chi connectivity index (χ3n) is 14.3. The van der Waals surface area contributed by atoms with Gasteiger partial charge >= 0.3 is 5.97 Å². The van der Waals surface area contributed by atoms with Gasteiger partial charge in [-0.25, -0.2) is 0 Å². The Bertz CT molecular complexity index is 903. The van der Waals surface area contributed by atoms with Crippen molar-refractivity contribution in [2.24, 2.45) is 56.7 Å². The standard InChI is InChI=1S/C34H56O2/c1-10-25(22(2)3)12-11-23(4)26-15-17-32(9)28-14-13-27-30(6,7)29(36-24(5)35)16-18-33(27)21-34(28,33)20-19-31(26,32)8/h23,25-29H,2,10-21H2,1,3-9H3. The van der Waals surface area contributed by atoms with Crippen LogP contribution in [-0.2, 0) is 9.53 Å². The van der Waals surface area contributed by atoms with Gasteiger partial charge in [-0.3, -0.25) is 4.79 Å². The van der Waals surface area contributed by atoms with E-state index in [0.29, 0.717) is 27.6 Å². The molecule has 5 aliphatic rings. The highest BCUT2D eigenvalue weighted by Gasteiger charge is 2.82. The molecule has 5 fully saturated rings. The Kier molecular flexibility index (Phi) is 6.41. The summed E-state index contributed by atoms with van der Waals surface area (Å²) in [4.78, 5) is 11.9. The Hall–Kier alpha value is -0.790. The summed E-state index contributed by atoms with van der Waals surface area (Å²) in [7, 11) is 0. The zero-order valence-corrected chi connectivity index (χ0v) is 25.0. The summed E-state index contributed by atoms with van der Waals surface area (Å²) in [5.74, 6) is 3.93. The molecule has 0 N–H and O–H groups in total. The van der Waals surface area contributed by atoms with Crippen LogP contribution >= 0.6 is 0 Å². The van der Waals surface area contributed by atoms with Crippen molar-refractivity contribution in [2.75, 3.05) is 0 Å². The second kappa shape index (κ2) is 8.61.